The lowest BCUT2D eigenvalue weighted by molar-refractivity contribution is -0.111. The Kier molecular flexibility index (Phi) is 9.23. The highest BCUT2D eigenvalue weighted by Gasteiger charge is 2.26. The highest BCUT2D eigenvalue weighted by atomic mass is 16.5. The fourth-order valence-corrected chi connectivity index (χ4v) is 3.91. The average Bonchev–Trinajstić information content (AvgIpc) is 2.71. The Morgan fingerprint density at radius 1 is 1.32 bits per heavy atom. The van der Waals surface area contributed by atoms with Crippen molar-refractivity contribution in [1.82, 2.24) is 5.32 Å². The number of carbonyl (C=O) groups excluding carboxylic acids is 1. The zero-order valence-electron chi connectivity index (χ0n) is 19.0. The number of allylic oxidation sites excluding steroid dienone is 1. The fourth-order valence-electron chi connectivity index (χ4n) is 3.91. The maximum Gasteiger partial charge on any atom is 0.167 e. The first-order valence-electron chi connectivity index (χ1n) is 11.1. The first-order valence-corrected chi connectivity index (χ1v) is 11.1. The van der Waals surface area contributed by atoms with Gasteiger partial charge in [0, 0.05) is 30.3 Å². The lowest BCUT2D eigenvalue weighted by atomic mass is 9.86. The molecule has 3 N–H and O–H groups in total. The summed E-state index contributed by atoms with van der Waals surface area (Å²) in [5.74, 6) is 1.03. The molecule has 1 aromatic carbocycles. The molecule has 0 unspecified atom stereocenters. The molecule has 1 saturated carbocycles. The van der Waals surface area contributed by atoms with Crippen molar-refractivity contribution in [2.75, 3.05) is 13.2 Å². The molecule has 0 aromatic heterocycles. The summed E-state index contributed by atoms with van der Waals surface area (Å²) in [5, 5.41) is 22.5. The minimum Gasteiger partial charge on any atom is -0.513 e. The van der Waals surface area contributed by atoms with E-state index in [1.165, 1.54) is 0 Å². The monoisotopic (exact) mass is 425 g/mol. The minimum absolute atomic E-state index is 0.00324. The number of ether oxygens (including phenoxy) is 1. The van der Waals surface area contributed by atoms with Gasteiger partial charge in [0.25, 0.3) is 0 Å². The van der Waals surface area contributed by atoms with Crippen molar-refractivity contribution in [3.63, 3.8) is 0 Å². The predicted octanol–water partition coefficient (Wildman–Crippen LogP) is 4.29. The second-order valence-electron chi connectivity index (χ2n) is 9.36. The number of benzene rings is 1. The quantitative estimate of drug-likeness (QED) is 0.344. The second kappa shape index (κ2) is 11.4. The van der Waals surface area contributed by atoms with Crippen LogP contribution in [0.4, 0.5) is 0 Å². The molecule has 0 bridgehead atoms. The number of hydrogen-bond acceptors (Lipinski definition) is 5. The van der Waals surface area contributed by atoms with Crippen LogP contribution in [0.5, 0.6) is 5.75 Å². The molecule has 1 aliphatic carbocycles. The van der Waals surface area contributed by atoms with Gasteiger partial charge < -0.3 is 25.1 Å². The molecule has 1 aliphatic rings. The third kappa shape index (κ3) is 8.10. The van der Waals surface area contributed by atoms with E-state index in [-0.39, 0.29) is 41.9 Å². The second-order valence-corrected chi connectivity index (χ2v) is 9.36. The zero-order valence-corrected chi connectivity index (χ0v) is 19.0. The maximum absolute atomic E-state index is 11.2. The van der Waals surface area contributed by atoms with Crippen LogP contribution >= 0.6 is 0 Å². The van der Waals surface area contributed by atoms with Crippen LogP contribution in [0.25, 0.3) is 5.70 Å². The topological polar surface area (TPSA) is 78.8 Å². The summed E-state index contributed by atoms with van der Waals surface area (Å²) in [6, 6.07) is 5.88. The van der Waals surface area contributed by atoms with Gasteiger partial charge in [0.1, 0.15) is 5.75 Å². The molecule has 0 aliphatic heterocycles. The molecule has 2 atom stereocenters. The molecule has 31 heavy (non-hydrogen) atoms. The Bertz CT molecular complexity index is 790. The fraction of sp³-hybridized carbons (Fsp3) is 0.560. The number of aliphatic hydroxyl groups is 2. The van der Waals surface area contributed by atoms with Gasteiger partial charge >= 0.3 is 0 Å². The average molecular weight is 425 g/mol. The Labute approximate surface area is 188 Å². The zero-order chi connectivity index (χ0) is 23.0. The molecule has 2 radical (unpaired) electrons. The summed E-state index contributed by atoms with van der Waals surface area (Å²) < 4.78 is 6.36. The largest absolute Gasteiger partial charge is 0.513 e. The van der Waals surface area contributed by atoms with Crippen LogP contribution in [-0.2, 0) is 11.2 Å². The van der Waals surface area contributed by atoms with Crippen molar-refractivity contribution in [3.05, 3.63) is 48.2 Å². The molecular formula is C25H36BNO4. The summed E-state index contributed by atoms with van der Waals surface area (Å²) in [6.45, 7) is 12.9. The molecule has 168 valence electrons. The lowest BCUT2D eigenvalue weighted by Crippen LogP contribution is -2.30. The summed E-state index contributed by atoms with van der Waals surface area (Å²) in [4.78, 5) is 11.2. The number of carbonyl (C=O) groups is 1. The van der Waals surface area contributed by atoms with E-state index in [9.17, 15) is 15.0 Å². The molecular weight excluding hydrogens is 389 g/mol. The van der Waals surface area contributed by atoms with Gasteiger partial charge in [-0.05, 0) is 68.1 Å². The molecule has 2 rings (SSSR count). The van der Waals surface area contributed by atoms with E-state index < -0.39 is 0 Å². The molecule has 0 heterocycles. The Hall–Kier alpha value is -2.21. The van der Waals surface area contributed by atoms with Crippen molar-refractivity contribution in [1.29, 1.82) is 0 Å². The van der Waals surface area contributed by atoms with Crippen LogP contribution in [0.1, 0.15) is 63.5 Å². The standard InChI is InChI=1S/C25H36BNO4/c1-17(27-16-25(3,4)12-13-28)22-14-19(9-11-24(26)30)8-10-23(22)31-21-7-5-6-20(15-21)18(2)29/h8,10,14,20-21,27-29H,1-2,5-7,9,11-13,15-16H2,3-4H3/t20-,21+/m1/s1. The van der Waals surface area contributed by atoms with E-state index in [1.54, 1.807) is 0 Å². The van der Waals surface area contributed by atoms with Crippen LogP contribution in [0, 0.1) is 11.3 Å². The van der Waals surface area contributed by atoms with Crippen LogP contribution in [0.2, 0.25) is 0 Å². The first kappa shape index (κ1) is 25.1. The number of nitrogens with one attached hydrogen (secondary N) is 1. The van der Waals surface area contributed by atoms with Crippen LogP contribution in [0.3, 0.4) is 0 Å². The highest BCUT2D eigenvalue weighted by molar-refractivity contribution is 6.57. The van der Waals surface area contributed by atoms with E-state index in [4.69, 9.17) is 12.6 Å². The third-order valence-electron chi connectivity index (χ3n) is 5.99. The summed E-state index contributed by atoms with van der Waals surface area (Å²) in [5.41, 5.74) is 2.17. The van der Waals surface area contributed by atoms with Gasteiger partial charge in [0.05, 0.1) is 17.5 Å². The number of rotatable bonds is 12. The van der Waals surface area contributed by atoms with Gasteiger partial charge in [-0.1, -0.05) is 33.1 Å². The van der Waals surface area contributed by atoms with Crippen LogP contribution in [-0.4, -0.2) is 43.0 Å². The summed E-state index contributed by atoms with van der Waals surface area (Å²) in [7, 11) is 5.31. The van der Waals surface area contributed by atoms with Gasteiger partial charge in [0.15, 0.2) is 7.85 Å². The van der Waals surface area contributed by atoms with Gasteiger partial charge in [0.2, 0.25) is 0 Å². The Balaban J connectivity index is 2.20. The number of aliphatic hydroxyl groups excluding tert-OH is 2. The molecule has 0 saturated heterocycles. The van der Waals surface area contributed by atoms with E-state index >= 15 is 0 Å². The van der Waals surface area contributed by atoms with E-state index in [1.807, 2.05) is 18.2 Å². The lowest BCUT2D eigenvalue weighted by Gasteiger charge is -2.30. The van der Waals surface area contributed by atoms with E-state index in [0.29, 0.717) is 19.4 Å². The summed E-state index contributed by atoms with van der Waals surface area (Å²) in [6.07, 6.45) is 5.10. The van der Waals surface area contributed by atoms with Crippen molar-refractivity contribution in [2.45, 2.75) is 64.9 Å². The molecule has 0 amide bonds. The van der Waals surface area contributed by atoms with E-state index in [2.05, 4.69) is 32.3 Å². The van der Waals surface area contributed by atoms with Gasteiger partial charge in [-0.2, -0.15) is 0 Å². The SMILES string of the molecule is [B]C(=O)CCc1ccc(O[C@H]2CCC[C@@H](C(=C)O)C2)c(C(=C)NCC(C)(C)CCO)c1. The summed E-state index contributed by atoms with van der Waals surface area (Å²) >= 11 is 0. The Morgan fingerprint density at radius 3 is 2.71 bits per heavy atom. The van der Waals surface area contributed by atoms with Crippen LogP contribution < -0.4 is 10.1 Å². The molecule has 1 aromatic rings. The minimum atomic E-state index is -0.331. The van der Waals surface area contributed by atoms with Crippen molar-refractivity contribution in [3.8, 4) is 5.75 Å². The van der Waals surface area contributed by atoms with Crippen molar-refractivity contribution >= 4 is 19.2 Å². The molecule has 6 heteroatoms. The Morgan fingerprint density at radius 2 is 2.06 bits per heavy atom. The number of aryl methyl sites for hydroxylation is 1. The van der Waals surface area contributed by atoms with Gasteiger partial charge in [-0.25, -0.2) is 0 Å². The first-order chi connectivity index (χ1) is 14.6. The highest BCUT2D eigenvalue weighted by Crippen LogP contribution is 2.34. The van der Waals surface area contributed by atoms with Crippen LogP contribution in [0.15, 0.2) is 37.1 Å². The molecule has 0 spiro atoms. The smallest absolute Gasteiger partial charge is 0.167 e. The molecule has 5 nitrogen and oxygen atoms in total. The number of hydrogen-bond donors (Lipinski definition) is 3. The normalized spacial score (nSPS) is 18.9. The van der Waals surface area contributed by atoms with Gasteiger partial charge in [-0.3, -0.25) is 0 Å². The third-order valence-corrected chi connectivity index (χ3v) is 5.99. The maximum atomic E-state index is 11.2. The van der Waals surface area contributed by atoms with Gasteiger partial charge in [-0.15, -0.1) is 0 Å². The predicted molar refractivity (Wildman–Crippen MR) is 126 cm³/mol. The van der Waals surface area contributed by atoms with E-state index in [0.717, 1.165) is 48.3 Å². The van der Waals surface area contributed by atoms with Crippen molar-refractivity contribution in [2.24, 2.45) is 11.3 Å². The van der Waals surface area contributed by atoms with Crippen molar-refractivity contribution < 1.29 is 19.7 Å². The molecule has 1 fully saturated rings.